The predicted octanol–water partition coefficient (Wildman–Crippen LogP) is 1.03. The molecule has 2 N–H and O–H groups in total. The number of carboxylic acid groups (broad SMARTS) is 1. The Kier molecular flexibility index (Phi) is 4.45. The first-order chi connectivity index (χ1) is 7.91. The van der Waals surface area contributed by atoms with Crippen molar-refractivity contribution in [2.75, 3.05) is 6.54 Å². The number of aromatic nitrogens is 1. The molecular formula is C10H11FN2O3S. The summed E-state index contributed by atoms with van der Waals surface area (Å²) in [5, 5.41) is 10.1. The van der Waals surface area contributed by atoms with Gasteiger partial charge < -0.3 is 10.4 Å². The summed E-state index contributed by atoms with van der Waals surface area (Å²) in [5.41, 5.74) is 0.115. The quantitative estimate of drug-likeness (QED) is 0.705. The van der Waals surface area contributed by atoms with E-state index in [9.17, 15) is 14.0 Å². The Bertz CT molecular complexity index is 451. The lowest BCUT2D eigenvalue weighted by atomic mass is 10.2. The maximum Gasteiger partial charge on any atom is 0.322 e. The lowest BCUT2D eigenvalue weighted by Gasteiger charge is -2.07. The number of aliphatic carboxylic acids is 1. The Balaban J connectivity index is 2.83. The third-order valence-corrected chi connectivity index (χ3v) is 2.17. The molecule has 0 fully saturated rings. The van der Waals surface area contributed by atoms with Crippen LogP contribution in [0.5, 0.6) is 0 Å². The van der Waals surface area contributed by atoms with Crippen molar-refractivity contribution in [3.63, 3.8) is 0 Å². The summed E-state index contributed by atoms with van der Waals surface area (Å²) in [6, 6.07) is 1.01. The van der Waals surface area contributed by atoms with E-state index in [0.29, 0.717) is 0 Å². The van der Waals surface area contributed by atoms with E-state index in [1.54, 1.807) is 6.92 Å². The maximum absolute atomic E-state index is 13.5. The molecule has 0 aliphatic rings. The highest BCUT2D eigenvalue weighted by Gasteiger charge is 2.13. The van der Waals surface area contributed by atoms with E-state index in [1.807, 2.05) is 0 Å². The molecule has 0 spiro atoms. The molecule has 1 aromatic rings. The molecule has 0 saturated carbocycles. The van der Waals surface area contributed by atoms with Crippen LogP contribution < -0.4 is 5.32 Å². The second-order valence-corrected chi connectivity index (χ2v) is 4.12. The van der Waals surface area contributed by atoms with E-state index >= 15 is 0 Å². The summed E-state index contributed by atoms with van der Waals surface area (Å²) < 4.78 is 13.5. The van der Waals surface area contributed by atoms with Crippen molar-refractivity contribution < 1.29 is 19.1 Å². The van der Waals surface area contributed by atoms with Gasteiger partial charge in [0, 0.05) is 11.4 Å². The minimum atomic E-state index is -1.17. The fraction of sp³-hybridized carbons (Fsp3) is 0.300. The number of nitrogens with zero attached hydrogens (tertiary/aromatic N) is 1. The molecule has 1 aromatic heterocycles. The SMILES string of the molecule is CC(S)c1ncc(C(=O)NCC(=O)O)cc1F. The molecule has 1 atom stereocenters. The van der Waals surface area contributed by atoms with Gasteiger partial charge in [-0.05, 0) is 13.0 Å². The molecule has 0 saturated heterocycles. The van der Waals surface area contributed by atoms with E-state index in [4.69, 9.17) is 5.11 Å². The predicted molar refractivity (Wildman–Crippen MR) is 61.6 cm³/mol. The maximum atomic E-state index is 13.5. The summed E-state index contributed by atoms with van der Waals surface area (Å²) in [7, 11) is 0. The monoisotopic (exact) mass is 258 g/mol. The van der Waals surface area contributed by atoms with Crippen molar-refractivity contribution in [1.82, 2.24) is 10.3 Å². The molecular weight excluding hydrogens is 247 g/mol. The van der Waals surface area contributed by atoms with Crippen molar-refractivity contribution in [1.29, 1.82) is 0 Å². The number of carbonyl (C=O) groups excluding carboxylic acids is 1. The standard InChI is InChI=1S/C10H11FN2O3S/c1-5(17)9-7(11)2-6(3-12-9)10(16)13-4-8(14)15/h2-3,5,17H,4H2,1H3,(H,13,16)(H,14,15). The lowest BCUT2D eigenvalue weighted by Crippen LogP contribution is -2.29. The number of carbonyl (C=O) groups is 2. The average molecular weight is 258 g/mol. The van der Waals surface area contributed by atoms with Gasteiger partial charge >= 0.3 is 5.97 Å². The number of pyridine rings is 1. The van der Waals surface area contributed by atoms with Crippen molar-refractivity contribution in [2.45, 2.75) is 12.2 Å². The Labute approximate surface area is 102 Å². The van der Waals surface area contributed by atoms with Gasteiger partial charge in [0.1, 0.15) is 12.4 Å². The molecule has 92 valence electrons. The smallest absolute Gasteiger partial charge is 0.322 e. The molecule has 1 unspecified atom stereocenters. The first-order valence-electron chi connectivity index (χ1n) is 4.75. The molecule has 0 aromatic carbocycles. The van der Waals surface area contributed by atoms with E-state index in [0.717, 1.165) is 6.07 Å². The molecule has 0 radical (unpaired) electrons. The molecule has 0 aliphatic carbocycles. The zero-order valence-corrected chi connectivity index (χ0v) is 9.87. The highest BCUT2D eigenvalue weighted by atomic mass is 32.1. The average Bonchev–Trinajstić information content (AvgIpc) is 2.25. The number of halogens is 1. The molecule has 5 nitrogen and oxygen atoms in total. The first kappa shape index (κ1) is 13.4. The zero-order valence-electron chi connectivity index (χ0n) is 8.98. The summed E-state index contributed by atoms with van der Waals surface area (Å²) in [6.07, 6.45) is 1.18. The Morgan fingerprint density at radius 2 is 2.29 bits per heavy atom. The van der Waals surface area contributed by atoms with Gasteiger partial charge in [0.15, 0.2) is 0 Å². The van der Waals surface area contributed by atoms with Crippen LogP contribution in [0.4, 0.5) is 4.39 Å². The molecule has 0 bridgehead atoms. The molecule has 1 amide bonds. The van der Waals surface area contributed by atoms with E-state index < -0.39 is 24.2 Å². The Hall–Kier alpha value is -1.63. The second-order valence-electron chi connectivity index (χ2n) is 3.34. The van der Waals surface area contributed by atoms with Gasteiger partial charge in [0.25, 0.3) is 5.91 Å². The van der Waals surface area contributed by atoms with E-state index in [-0.39, 0.29) is 16.5 Å². The Morgan fingerprint density at radius 3 is 2.76 bits per heavy atom. The largest absolute Gasteiger partial charge is 0.480 e. The third-order valence-electron chi connectivity index (χ3n) is 1.93. The molecule has 0 aliphatic heterocycles. The third kappa shape index (κ3) is 3.70. The number of nitrogens with one attached hydrogen (secondary N) is 1. The van der Waals surface area contributed by atoms with E-state index in [2.05, 4.69) is 22.9 Å². The highest BCUT2D eigenvalue weighted by Crippen LogP contribution is 2.19. The van der Waals surface area contributed by atoms with Crippen LogP contribution in [0, 0.1) is 5.82 Å². The van der Waals surface area contributed by atoms with Crippen LogP contribution in [0.25, 0.3) is 0 Å². The summed E-state index contributed by atoms with van der Waals surface area (Å²) >= 11 is 4.03. The number of amides is 1. The van der Waals surface area contributed by atoms with E-state index in [1.165, 1.54) is 6.20 Å². The number of rotatable bonds is 4. The number of hydrogen-bond acceptors (Lipinski definition) is 4. The lowest BCUT2D eigenvalue weighted by molar-refractivity contribution is -0.135. The second kappa shape index (κ2) is 5.62. The molecule has 1 heterocycles. The fourth-order valence-corrected chi connectivity index (χ4v) is 1.33. The van der Waals surface area contributed by atoms with Crippen LogP contribution in [-0.2, 0) is 4.79 Å². The van der Waals surface area contributed by atoms with Crippen LogP contribution in [-0.4, -0.2) is 28.5 Å². The number of carboxylic acids is 1. The first-order valence-corrected chi connectivity index (χ1v) is 5.27. The van der Waals surface area contributed by atoms with Gasteiger partial charge in [-0.1, -0.05) is 0 Å². The van der Waals surface area contributed by atoms with Crippen LogP contribution in [0.1, 0.15) is 28.2 Å². The van der Waals surface area contributed by atoms with Gasteiger partial charge in [0.2, 0.25) is 0 Å². The van der Waals surface area contributed by atoms with Crippen molar-refractivity contribution in [2.24, 2.45) is 0 Å². The van der Waals surface area contributed by atoms with Crippen molar-refractivity contribution >= 4 is 24.5 Å². The topological polar surface area (TPSA) is 79.3 Å². The molecule has 17 heavy (non-hydrogen) atoms. The van der Waals surface area contributed by atoms with Crippen LogP contribution in [0.2, 0.25) is 0 Å². The minimum Gasteiger partial charge on any atom is -0.480 e. The summed E-state index contributed by atoms with van der Waals surface area (Å²) in [6.45, 7) is 1.13. The van der Waals surface area contributed by atoms with Crippen LogP contribution in [0.15, 0.2) is 12.3 Å². The van der Waals surface area contributed by atoms with Gasteiger partial charge in [-0.15, -0.1) is 0 Å². The molecule has 7 heteroatoms. The minimum absolute atomic E-state index is 0.0264. The normalized spacial score (nSPS) is 11.9. The van der Waals surface area contributed by atoms with Gasteiger partial charge in [-0.2, -0.15) is 12.6 Å². The summed E-state index contributed by atoms with van der Waals surface area (Å²) in [5.74, 6) is -2.50. The summed E-state index contributed by atoms with van der Waals surface area (Å²) in [4.78, 5) is 25.4. The number of thiol groups is 1. The number of hydrogen-bond donors (Lipinski definition) is 3. The molecule has 1 rings (SSSR count). The van der Waals surface area contributed by atoms with Gasteiger partial charge in [-0.3, -0.25) is 14.6 Å². The van der Waals surface area contributed by atoms with Gasteiger partial charge in [0.05, 0.1) is 11.3 Å². The van der Waals surface area contributed by atoms with Crippen molar-refractivity contribution in [3.8, 4) is 0 Å². The van der Waals surface area contributed by atoms with Gasteiger partial charge in [-0.25, -0.2) is 4.39 Å². The Morgan fingerprint density at radius 1 is 1.65 bits per heavy atom. The van der Waals surface area contributed by atoms with Crippen molar-refractivity contribution in [3.05, 3.63) is 29.3 Å². The highest BCUT2D eigenvalue weighted by molar-refractivity contribution is 7.80. The van der Waals surface area contributed by atoms with Crippen LogP contribution in [0.3, 0.4) is 0 Å². The van der Waals surface area contributed by atoms with Crippen LogP contribution >= 0.6 is 12.6 Å². The fourth-order valence-electron chi connectivity index (χ4n) is 1.14. The zero-order chi connectivity index (χ0) is 13.0.